The van der Waals surface area contributed by atoms with E-state index in [-0.39, 0.29) is 31.1 Å². The molecule has 0 fully saturated rings. The van der Waals surface area contributed by atoms with Crippen molar-refractivity contribution in [3.63, 3.8) is 0 Å². The second-order valence-corrected chi connectivity index (χ2v) is 23.1. The van der Waals surface area contributed by atoms with Gasteiger partial charge < -0.3 is 14.2 Å². The lowest BCUT2D eigenvalue weighted by atomic mass is 10.0. The molecule has 0 aliphatic rings. The molecular weight excluding hydrogens is 985 g/mol. The Morgan fingerprint density at radius 3 is 0.787 bits per heavy atom. The van der Waals surface area contributed by atoms with Crippen molar-refractivity contribution in [3.8, 4) is 0 Å². The molecule has 0 aliphatic heterocycles. The van der Waals surface area contributed by atoms with Crippen molar-refractivity contribution >= 4 is 17.9 Å². The van der Waals surface area contributed by atoms with Crippen molar-refractivity contribution in [2.75, 3.05) is 13.2 Å². The zero-order chi connectivity index (χ0) is 57.8. The van der Waals surface area contributed by atoms with Gasteiger partial charge >= 0.3 is 17.9 Å². The quantitative estimate of drug-likeness (QED) is 0.0261. The molecule has 6 nitrogen and oxygen atoms in total. The first-order chi connectivity index (χ1) is 39.5. The molecule has 0 amide bonds. The molecule has 462 valence electrons. The highest BCUT2D eigenvalue weighted by Crippen LogP contribution is 2.17. The van der Waals surface area contributed by atoms with Crippen LogP contribution >= 0.6 is 0 Å². The maximum absolute atomic E-state index is 12.9. The Kier molecular flexibility index (Phi) is 65.2. The number of rotatable bonds is 63. The van der Waals surface area contributed by atoms with E-state index in [2.05, 4.69) is 106 Å². The van der Waals surface area contributed by atoms with Gasteiger partial charge in [0.05, 0.1) is 0 Å². The SMILES string of the molecule is CC/C=C\C/C=C\C/C=C\C/C=C\CCCCCCC(=O)OC(COC(=O)CCCCCCC/C=C\C/C=C\CCCCCC)COC(=O)CCCCCCCCCCCCCCCCCCC/C=C\CCCCCCCCCC. The van der Waals surface area contributed by atoms with Crippen molar-refractivity contribution in [1.29, 1.82) is 0 Å². The molecule has 0 aromatic heterocycles. The Morgan fingerprint density at radius 2 is 0.487 bits per heavy atom. The Morgan fingerprint density at radius 1 is 0.263 bits per heavy atom. The van der Waals surface area contributed by atoms with Gasteiger partial charge in [-0.1, -0.05) is 298 Å². The maximum atomic E-state index is 12.9. The second kappa shape index (κ2) is 68.1. The molecule has 0 N–H and O–H groups in total. The zero-order valence-corrected chi connectivity index (χ0v) is 53.1. The molecule has 0 aliphatic carbocycles. The summed E-state index contributed by atoms with van der Waals surface area (Å²) < 4.78 is 16.9. The molecule has 1 unspecified atom stereocenters. The predicted molar refractivity (Wildman–Crippen MR) is 348 cm³/mol. The molecule has 1 atom stereocenters. The van der Waals surface area contributed by atoms with Gasteiger partial charge in [0.25, 0.3) is 0 Å². The van der Waals surface area contributed by atoms with Crippen LogP contribution < -0.4 is 0 Å². The molecular formula is C74H130O6. The van der Waals surface area contributed by atoms with Crippen molar-refractivity contribution in [3.05, 3.63) is 85.1 Å². The van der Waals surface area contributed by atoms with E-state index in [1.54, 1.807) is 0 Å². The number of allylic oxidation sites excluding steroid dienone is 14. The van der Waals surface area contributed by atoms with Crippen LogP contribution in [0.4, 0.5) is 0 Å². The van der Waals surface area contributed by atoms with Gasteiger partial charge in [-0.3, -0.25) is 14.4 Å². The largest absolute Gasteiger partial charge is 0.462 e. The van der Waals surface area contributed by atoms with Crippen LogP contribution in [0.3, 0.4) is 0 Å². The third-order valence-electron chi connectivity index (χ3n) is 15.1. The highest BCUT2D eigenvalue weighted by molar-refractivity contribution is 5.71. The number of hydrogen-bond acceptors (Lipinski definition) is 6. The fourth-order valence-corrected chi connectivity index (χ4v) is 9.93. The van der Waals surface area contributed by atoms with Crippen LogP contribution in [0, 0.1) is 0 Å². The molecule has 0 heterocycles. The van der Waals surface area contributed by atoms with Crippen LogP contribution in [0.25, 0.3) is 0 Å². The Labute approximate surface area is 496 Å². The minimum Gasteiger partial charge on any atom is -0.462 e. The topological polar surface area (TPSA) is 78.9 Å². The van der Waals surface area contributed by atoms with Gasteiger partial charge in [0, 0.05) is 19.3 Å². The average Bonchev–Trinajstić information content (AvgIpc) is 3.46. The Balaban J connectivity index is 4.28. The minimum atomic E-state index is -0.797. The van der Waals surface area contributed by atoms with Crippen molar-refractivity contribution in [2.45, 2.75) is 354 Å². The van der Waals surface area contributed by atoms with Gasteiger partial charge in [0.15, 0.2) is 6.10 Å². The van der Waals surface area contributed by atoms with Gasteiger partial charge in [-0.2, -0.15) is 0 Å². The van der Waals surface area contributed by atoms with Crippen molar-refractivity contribution in [2.24, 2.45) is 0 Å². The van der Waals surface area contributed by atoms with E-state index in [1.807, 2.05) is 0 Å². The molecule has 0 aromatic rings. The molecule has 0 aromatic carbocycles. The first-order valence-electron chi connectivity index (χ1n) is 34.6. The van der Waals surface area contributed by atoms with Crippen molar-refractivity contribution < 1.29 is 28.6 Å². The summed E-state index contributed by atoms with van der Waals surface area (Å²) in [4.78, 5) is 38.4. The lowest BCUT2D eigenvalue weighted by molar-refractivity contribution is -0.167. The lowest BCUT2D eigenvalue weighted by Gasteiger charge is -2.18. The normalized spacial score (nSPS) is 12.6. The van der Waals surface area contributed by atoms with Crippen molar-refractivity contribution in [1.82, 2.24) is 0 Å². The van der Waals surface area contributed by atoms with Crippen LogP contribution in [0.1, 0.15) is 348 Å². The summed E-state index contributed by atoms with van der Waals surface area (Å²) in [5, 5.41) is 0. The smallest absolute Gasteiger partial charge is 0.306 e. The lowest BCUT2D eigenvalue weighted by Crippen LogP contribution is -2.30. The molecule has 0 saturated heterocycles. The monoisotopic (exact) mass is 1110 g/mol. The van der Waals surface area contributed by atoms with Gasteiger partial charge in [0.2, 0.25) is 0 Å². The first kappa shape index (κ1) is 76.6. The summed E-state index contributed by atoms with van der Waals surface area (Å²) in [6, 6.07) is 0. The second-order valence-electron chi connectivity index (χ2n) is 23.1. The summed E-state index contributed by atoms with van der Waals surface area (Å²) >= 11 is 0. The van der Waals surface area contributed by atoms with E-state index in [4.69, 9.17) is 14.2 Å². The molecule has 0 rings (SSSR count). The molecule has 0 bridgehead atoms. The molecule has 0 saturated carbocycles. The van der Waals surface area contributed by atoms with E-state index >= 15 is 0 Å². The van der Waals surface area contributed by atoms with E-state index < -0.39 is 6.10 Å². The summed E-state index contributed by atoms with van der Waals surface area (Å²) in [6.07, 6.45) is 90.4. The predicted octanol–water partition coefficient (Wildman–Crippen LogP) is 23.8. The summed E-state index contributed by atoms with van der Waals surface area (Å²) in [6.45, 7) is 6.52. The van der Waals surface area contributed by atoms with Crippen LogP contribution in [0.15, 0.2) is 85.1 Å². The number of esters is 3. The van der Waals surface area contributed by atoms with Gasteiger partial charge in [0.1, 0.15) is 13.2 Å². The molecule has 0 spiro atoms. The van der Waals surface area contributed by atoms with E-state index in [9.17, 15) is 14.4 Å². The summed E-state index contributed by atoms with van der Waals surface area (Å²) in [5.41, 5.74) is 0. The van der Waals surface area contributed by atoms with Gasteiger partial charge in [-0.15, -0.1) is 0 Å². The first-order valence-corrected chi connectivity index (χ1v) is 34.6. The van der Waals surface area contributed by atoms with Crippen LogP contribution in [0.2, 0.25) is 0 Å². The van der Waals surface area contributed by atoms with E-state index in [0.29, 0.717) is 19.3 Å². The highest BCUT2D eigenvalue weighted by atomic mass is 16.6. The highest BCUT2D eigenvalue weighted by Gasteiger charge is 2.19. The fraction of sp³-hybridized carbons (Fsp3) is 0.770. The van der Waals surface area contributed by atoms with Crippen LogP contribution in [-0.2, 0) is 28.6 Å². The Bertz CT molecular complexity index is 1520. The maximum Gasteiger partial charge on any atom is 0.306 e. The molecule has 0 radical (unpaired) electrons. The third-order valence-corrected chi connectivity index (χ3v) is 15.1. The third kappa shape index (κ3) is 65.4. The molecule has 6 heteroatoms. The molecule has 80 heavy (non-hydrogen) atoms. The fourth-order valence-electron chi connectivity index (χ4n) is 9.93. The van der Waals surface area contributed by atoms with E-state index in [0.717, 1.165) is 122 Å². The average molecular weight is 1120 g/mol. The van der Waals surface area contributed by atoms with Gasteiger partial charge in [-0.25, -0.2) is 0 Å². The number of ether oxygens (including phenoxy) is 3. The summed E-state index contributed by atoms with van der Waals surface area (Å²) in [7, 11) is 0. The minimum absolute atomic E-state index is 0.0890. The Hall–Kier alpha value is -3.41. The number of carbonyl (C=O) groups is 3. The van der Waals surface area contributed by atoms with E-state index in [1.165, 1.54) is 186 Å². The van der Waals surface area contributed by atoms with Crippen LogP contribution in [-0.4, -0.2) is 37.2 Å². The number of unbranched alkanes of at least 4 members (excludes halogenated alkanes) is 38. The number of carbonyl (C=O) groups excluding carboxylic acids is 3. The summed E-state index contributed by atoms with van der Waals surface area (Å²) in [5.74, 6) is -0.912. The number of hydrogen-bond donors (Lipinski definition) is 0. The van der Waals surface area contributed by atoms with Gasteiger partial charge in [-0.05, 0) is 116 Å². The van der Waals surface area contributed by atoms with Crippen LogP contribution in [0.5, 0.6) is 0 Å². The zero-order valence-electron chi connectivity index (χ0n) is 53.1. The standard InChI is InChI=1S/C74H130O6/c1-4-7-10-13-16-19-22-25-28-31-32-33-34-35-36-37-38-39-40-41-42-44-46-49-52-55-58-61-64-67-73(76)79-70-71(69-78-72(75)66-63-60-57-54-51-48-45-30-27-24-21-18-15-12-9-6-3)80-74(77)68-65-62-59-56-53-50-47-43-29-26-23-20-17-14-11-8-5-2/h8,11,17,20-21,24,26,29-32,45,47,50,71H,4-7,9-10,12-16,18-19,22-23,25,27-28,33-44,46,48-49,51-70H2,1-3H3/b11-8-,20-17-,24-21-,29-26-,32-31-,45-30-,50-47-.